The molecule has 0 amide bonds. The van der Waals surface area contributed by atoms with Crippen molar-refractivity contribution in [1.29, 1.82) is 5.26 Å². The summed E-state index contributed by atoms with van der Waals surface area (Å²) in [5.41, 5.74) is 2.45. The second-order valence-corrected chi connectivity index (χ2v) is 6.26. The van der Waals surface area contributed by atoms with Crippen molar-refractivity contribution in [2.45, 2.75) is 11.5 Å². The van der Waals surface area contributed by atoms with Crippen LogP contribution in [-0.4, -0.2) is 9.38 Å². The molecule has 0 saturated carbocycles. The van der Waals surface area contributed by atoms with Crippen molar-refractivity contribution in [3.05, 3.63) is 69.1 Å². The van der Waals surface area contributed by atoms with Crippen molar-refractivity contribution < 1.29 is 0 Å². The Morgan fingerprint density at radius 1 is 1.33 bits per heavy atom. The van der Waals surface area contributed by atoms with Gasteiger partial charge in [0.2, 0.25) is 0 Å². The monoisotopic (exact) mass is 313 g/mol. The third-order valence-electron chi connectivity index (χ3n) is 3.00. The number of rotatable bonds is 4. The van der Waals surface area contributed by atoms with Crippen LogP contribution in [0.4, 0.5) is 0 Å². The molecule has 0 unspecified atom stereocenters. The normalized spacial score (nSPS) is 10.6. The topological polar surface area (TPSA) is 58.2 Å². The number of nitriles is 1. The number of fused-ring (bicyclic) bond motifs is 1. The maximum atomic E-state index is 11.9. The van der Waals surface area contributed by atoms with Crippen LogP contribution in [0.2, 0.25) is 0 Å². The average Bonchev–Trinajstić information content (AvgIpc) is 2.97. The molecule has 1 aromatic carbocycles. The molecule has 2 heterocycles. The van der Waals surface area contributed by atoms with Crippen molar-refractivity contribution >= 4 is 28.1 Å². The summed E-state index contributed by atoms with van der Waals surface area (Å²) in [5.74, 6) is 1.39. The first-order valence-electron chi connectivity index (χ1n) is 6.29. The SMILES string of the molecule is N#Cc1ccccc1CSCc1cc(=O)n2ccsc2n1. The van der Waals surface area contributed by atoms with Crippen molar-refractivity contribution in [1.82, 2.24) is 9.38 Å². The van der Waals surface area contributed by atoms with Gasteiger partial charge in [0, 0.05) is 29.1 Å². The van der Waals surface area contributed by atoms with E-state index in [-0.39, 0.29) is 5.56 Å². The Bertz CT molecular complexity index is 876. The summed E-state index contributed by atoms with van der Waals surface area (Å²) in [7, 11) is 0. The van der Waals surface area contributed by atoms with Crippen LogP contribution in [0.25, 0.3) is 4.96 Å². The molecule has 0 radical (unpaired) electrons. The Morgan fingerprint density at radius 3 is 3.05 bits per heavy atom. The fourth-order valence-corrected chi connectivity index (χ4v) is 3.65. The second kappa shape index (κ2) is 6.12. The number of thiazole rings is 1. The van der Waals surface area contributed by atoms with Gasteiger partial charge in [0.05, 0.1) is 17.3 Å². The summed E-state index contributed by atoms with van der Waals surface area (Å²) < 4.78 is 1.55. The Balaban J connectivity index is 1.72. The molecule has 3 aromatic rings. The third-order valence-corrected chi connectivity index (χ3v) is 4.77. The van der Waals surface area contributed by atoms with Gasteiger partial charge < -0.3 is 0 Å². The minimum Gasteiger partial charge on any atom is -0.269 e. The lowest BCUT2D eigenvalue weighted by molar-refractivity contribution is 1.04. The third kappa shape index (κ3) is 2.99. The summed E-state index contributed by atoms with van der Waals surface area (Å²) in [6.07, 6.45) is 1.73. The lowest BCUT2D eigenvalue weighted by atomic mass is 10.1. The van der Waals surface area contributed by atoms with Gasteiger partial charge in [-0.15, -0.1) is 11.3 Å². The summed E-state index contributed by atoms with van der Waals surface area (Å²) >= 11 is 3.10. The van der Waals surface area contributed by atoms with Crippen LogP contribution in [0.15, 0.2) is 46.7 Å². The fourth-order valence-electron chi connectivity index (χ4n) is 1.98. The second-order valence-electron chi connectivity index (χ2n) is 4.40. The van der Waals surface area contributed by atoms with Gasteiger partial charge in [0.25, 0.3) is 5.56 Å². The van der Waals surface area contributed by atoms with E-state index in [1.807, 2.05) is 29.6 Å². The highest BCUT2D eigenvalue weighted by Gasteiger charge is 2.05. The largest absolute Gasteiger partial charge is 0.269 e. The molecule has 104 valence electrons. The molecule has 2 aromatic heterocycles. The zero-order valence-electron chi connectivity index (χ0n) is 11.0. The quantitative estimate of drug-likeness (QED) is 0.743. The van der Waals surface area contributed by atoms with Crippen molar-refractivity contribution in [3.63, 3.8) is 0 Å². The predicted octanol–water partition coefficient (Wildman–Crippen LogP) is 3.06. The molecule has 0 atom stereocenters. The zero-order chi connectivity index (χ0) is 14.7. The minimum absolute atomic E-state index is 0.0470. The number of nitrogens with zero attached hydrogens (tertiary/aromatic N) is 3. The van der Waals surface area contributed by atoms with Gasteiger partial charge in [0.15, 0.2) is 4.96 Å². The number of thioether (sulfide) groups is 1. The Hall–Kier alpha value is -2.10. The fraction of sp³-hybridized carbons (Fsp3) is 0.133. The van der Waals surface area contributed by atoms with Crippen LogP contribution in [0.3, 0.4) is 0 Å². The summed E-state index contributed by atoms with van der Waals surface area (Å²) in [6, 6.07) is 11.3. The van der Waals surface area contributed by atoms with Crippen LogP contribution in [-0.2, 0) is 11.5 Å². The molecule has 0 saturated heterocycles. The summed E-state index contributed by atoms with van der Waals surface area (Å²) in [5, 5.41) is 10.9. The Morgan fingerprint density at radius 2 is 2.19 bits per heavy atom. The number of hydrogen-bond acceptors (Lipinski definition) is 5. The van der Waals surface area contributed by atoms with Crippen LogP contribution in [0.1, 0.15) is 16.8 Å². The molecular formula is C15H11N3OS2. The molecule has 0 aliphatic carbocycles. The van der Waals surface area contributed by atoms with E-state index in [0.717, 1.165) is 22.0 Å². The van der Waals surface area contributed by atoms with Crippen LogP contribution in [0, 0.1) is 11.3 Å². The standard InChI is InChI=1S/C15H11N3OS2/c16-8-11-3-1-2-4-12(11)9-20-10-13-7-14(19)18-5-6-21-15(18)17-13/h1-7H,9-10H2. The van der Waals surface area contributed by atoms with Gasteiger partial charge in [-0.05, 0) is 11.6 Å². The molecule has 0 N–H and O–H groups in total. The van der Waals surface area contributed by atoms with Crippen LogP contribution >= 0.6 is 23.1 Å². The molecular weight excluding hydrogens is 302 g/mol. The number of hydrogen-bond donors (Lipinski definition) is 0. The highest BCUT2D eigenvalue weighted by atomic mass is 32.2. The van der Waals surface area contributed by atoms with Gasteiger partial charge >= 0.3 is 0 Å². The number of benzene rings is 1. The van der Waals surface area contributed by atoms with E-state index in [1.165, 1.54) is 11.3 Å². The molecule has 0 fully saturated rings. The molecule has 0 spiro atoms. The van der Waals surface area contributed by atoms with E-state index in [4.69, 9.17) is 5.26 Å². The summed E-state index contributed by atoms with van der Waals surface area (Å²) in [6.45, 7) is 0. The van der Waals surface area contributed by atoms with Crippen molar-refractivity contribution in [2.75, 3.05) is 0 Å². The van der Waals surface area contributed by atoms with E-state index in [1.54, 1.807) is 28.4 Å². The first-order valence-corrected chi connectivity index (χ1v) is 8.33. The molecule has 0 bridgehead atoms. The molecule has 6 heteroatoms. The Kier molecular flexibility index (Phi) is 4.04. The van der Waals surface area contributed by atoms with Crippen LogP contribution in [0.5, 0.6) is 0 Å². The molecule has 3 rings (SSSR count). The first kappa shape index (κ1) is 13.9. The summed E-state index contributed by atoms with van der Waals surface area (Å²) in [4.78, 5) is 17.1. The smallest absolute Gasteiger partial charge is 0.258 e. The lowest BCUT2D eigenvalue weighted by Crippen LogP contribution is -2.12. The minimum atomic E-state index is -0.0470. The molecule has 0 aliphatic rings. The highest BCUT2D eigenvalue weighted by Crippen LogP contribution is 2.19. The van der Waals surface area contributed by atoms with Gasteiger partial charge in [-0.1, -0.05) is 18.2 Å². The maximum Gasteiger partial charge on any atom is 0.258 e. The lowest BCUT2D eigenvalue weighted by Gasteiger charge is -2.04. The van der Waals surface area contributed by atoms with Gasteiger partial charge in [-0.3, -0.25) is 9.20 Å². The van der Waals surface area contributed by atoms with Crippen molar-refractivity contribution in [2.24, 2.45) is 0 Å². The van der Waals surface area contributed by atoms with Gasteiger partial charge in [0.1, 0.15) is 0 Å². The zero-order valence-corrected chi connectivity index (χ0v) is 12.7. The van der Waals surface area contributed by atoms with Crippen LogP contribution < -0.4 is 5.56 Å². The molecule has 4 nitrogen and oxygen atoms in total. The van der Waals surface area contributed by atoms with E-state index >= 15 is 0 Å². The highest BCUT2D eigenvalue weighted by molar-refractivity contribution is 7.97. The number of aromatic nitrogens is 2. The van der Waals surface area contributed by atoms with Crippen molar-refractivity contribution in [3.8, 4) is 6.07 Å². The van der Waals surface area contributed by atoms with E-state index < -0.39 is 0 Å². The predicted molar refractivity (Wildman–Crippen MR) is 85.5 cm³/mol. The van der Waals surface area contributed by atoms with Gasteiger partial charge in [-0.2, -0.15) is 17.0 Å². The van der Waals surface area contributed by atoms with E-state index in [9.17, 15) is 4.79 Å². The first-order chi connectivity index (χ1) is 10.3. The molecule has 0 aliphatic heterocycles. The average molecular weight is 313 g/mol. The molecule has 21 heavy (non-hydrogen) atoms. The van der Waals surface area contributed by atoms with Gasteiger partial charge in [-0.25, -0.2) is 4.98 Å². The maximum absolute atomic E-state index is 11.9. The Labute approximate surface area is 129 Å². The van der Waals surface area contributed by atoms with E-state index in [2.05, 4.69) is 11.1 Å². The van der Waals surface area contributed by atoms with E-state index in [0.29, 0.717) is 11.3 Å².